The van der Waals surface area contributed by atoms with E-state index in [1.807, 2.05) is 63.9 Å². The molecule has 0 saturated carbocycles. The van der Waals surface area contributed by atoms with Gasteiger partial charge in [-0.15, -0.1) is 0 Å². The number of nitrogens with one attached hydrogen (secondary N) is 1. The van der Waals surface area contributed by atoms with Crippen molar-refractivity contribution in [1.29, 1.82) is 0 Å². The van der Waals surface area contributed by atoms with Crippen LogP contribution in [0.1, 0.15) is 52.6 Å². The lowest BCUT2D eigenvalue weighted by molar-refractivity contribution is -0.116. The van der Waals surface area contributed by atoms with Gasteiger partial charge in [0.05, 0.1) is 27.2 Å². The van der Waals surface area contributed by atoms with E-state index in [2.05, 4.69) is 15.4 Å². The van der Waals surface area contributed by atoms with Gasteiger partial charge in [0.2, 0.25) is 15.9 Å². The van der Waals surface area contributed by atoms with E-state index in [0.29, 0.717) is 30.8 Å². The molecule has 0 unspecified atom stereocenters. The number of anilines is 1. The van der Waals surface area contributed by atoms with Crippen molar-refractivity contribution in [3.8, 4) is 0 Å². The van der Waals surface area contributed by atoms with E-state index in [0.717, 1.165) is 17.0 Å². The van der Waals surface area contributed by atoms with Crippen molar-refractivity contribution in [2.24, 2.45) is 7.05 Å². The number of imidazole rings is 1. The quantitative estimate of drug-likeness (QED) is 0.539. The van der Waals surface area contributed by atoms with Gasteiger partial charge in [0.1, 0.15) is 11.6 Å². The van der Waals surface area contributed by atoms with Gasteiger partial charge in [-0.2, -0.15) is 9.40 Å². The molecule has 9 nitrogen and oxygen atoms in total. The number of hydrogen-bond acceptors (Lipinski definition) is 5. The van der Waals surface area contributed by atoms with Gasteiger partial charge in [-0.3, -0.25) is 4.79 Å². The van der Waals surface area contributed by atoms with Crippen LogP contribution >= 0.6 is 0 Å². The number of nitrogens with zero attached hydrogens (tertiary/aromatic N) is 5. The first-order valence-corrected chi connectivity index (χ1v) is 12.6. The lowest BCUT2D eigenvalue weighted by Crippen LogP contribution is -2.30. The first-order valence-electron chi connectivity index (χ1n) is 11.2. The minimum Gasteiger partial charge on any atom is -0.331 e. The highest BCUT2D eigenvalue weighted by Gasteiger charge is 2.23. The Hall–Kier alpha value is -2.72. The summed E-state index contributed by atoms with van der Waals surface area (Å²) in [7, 11) is -1.68. The van der Waals surface area contributed by atoms with Gasteiger partial charge in [-0.25, -0.2) is 18.1 Å². The molecule has 0 saturated heterocycles. The highest BCUT2D eigenvalue weighted by molar-refractivity contribution is 7.89. The van der Waals surface area contributed by atoms with Gasteiger partial charge in [0, 0.05) is 39.0 Å². The molecule has 1 amide bonds. The summed E-state index contributed by atoms with van der Waals surface area (Å²) in [6.07, 6.45) is 0.675. The summed E-state index contributed by atoms with van der Waals surface area (Å²) in [5, 5.41) is 7.44. The van der Waals surface area contributed by atoms with Crippen LogP contribution in [0, 0.1) is 6.92 Å². The molecule has 180 valence electrons. The molecule has 3 aromatic rings. The van der Waals surface area contributed by atoms with Crippen LogP contribution in [-0.2, 0) is 33.8 Å². The summed E-state index contributed by atoms with van der Waals surface area (Å²) < 4.78 is 30.8. The predicted molar refractivity (Wildman–Crippen MR) is 130 cm³/mol. The Morgan fingerprint density at radius 1 is 1.15 bits per heavy atom. The topological polar surface area (TPSA) is 102 Å². The summed E-state index contributed by atoms with van der Waals surface area (Å²) in [6, 6.07) is 6.85. The third-order valence-corrected chi connectivity index (χ3v) is 7.64. The van der Waals surface area contributed by atoms with Crippen LogP contribution in [0.15, 0.2) is 29.2 Å². The van der Waals surface area contributed by atoms with Crippen LogP contribution in [-0.4, -0.2) is 51.1 Å². The first kappa shape index (κ1) is 24.9. The van der Waals surface area contributed by atoms with E-state index in [1.165, 1.54) is 4.31 Å². The zero-order valence-electron chi connectivity index (χ0n) is 20.5. The largest absolute Gasteiger partial charge is 0.331 e. The first-order chi connectivity index (χ1) is 15.4. The molecule has 10 heteroatoms. The van der Waals surface area contributed by atoms with Crippen LogP contribution in [0.5, 0.6) is 0 Å². The molecule has 0 spiro atoms. The maximum Gasteiger partial charge on any atom is 0.243 e. The Morgan fingerprint density at radius 2 is 1.82 bits per heavy atom. The van der Waals surface area contributed by atoms with Gasteiger partial charge < -0.3 is 9.88 Å². The van der Waals surface area contributed by atoms with Crippen molar-refractivity contribution in [1.82, 2.24) is 23.6 Å². The second-order valence-corrected chi connectivity index (χ2v) is 11.1. The van der Waals surface area contributed by atoms with Gasteiger partial charge in [0.15, 0.2) is 0 Å². The SMILES string of the molecule is CCN(CC)S(=O)(=O)c1ccc2c(c1)nc(CCC(=O)Nc1cc(C)nn1C(C)(C)C)n2C. The fraction of sp³-hybridized carbons (Fsp3) is 0.522. The van der Waals surface area contributed by atoms with Crippen LogP contribution in [0.25, 0.3) is 11.0 Å². The molecule has 1 N–H and O–H groups in total. The second-order valence-electron chi connectivity index (χ2n) is 9.13. The van der Waals surface area contributed by atoms with E-state index >= 15 is 0 Å². The monoisotopic (exact) mass is 474 g/mol. The fourth-order valence-corrected chi connectivity index (χ4v) is 5.34. The molecule has 0 fully saturated rings. The number of rotatable bonds is 8. The van der Waals surface area contributed by atoms with Gasteiger partial charge in [0.25, 0.3) is 0 Å². The van der Waals surface area contributed by atoms with Gasteiger partial charge >= 0.3 is 0 Å². The average Bonchev–Trinajstić information content (AvgIpc) is 3.26. The summed E-state index contributed by atoms with van der Waals surface area (Å²) >= 11 is 0. The molecule has 0 atom stereocenters. The van der Waals surface area contributed by atoms with Crippen molar-refractivity contribution in [2.45, 2.75) is 64.8 Å². The number of hydrogen-bond donors (Lipinski definition) is 1. The van der Waals surface area contributed by atoms with Crippen LogP contribution in [0.2, 0.25) is 0 Å². The van der Waals surface area contributed by atoms with Crippen molar-refractivity contribution in [3.05, 3.63) is 35.8 Å². The molecule has 33 heavy (non-hydrogen) atoms. The minimum absolute atomic E-state index is 0.128. The molecule has 0 bridgehead atoms. The lowest BCUT2D eigenvalue weighted by atomic mass is 10.1. The molecular formula is C23H34N6O3S. The summed E-state index contributed by atoms with van der Waals surface area (Å²) in [4.78, 5) is 17.5. The summed E-state index contributed by atoms with van der Waals surface area (Å²) in [6.45, 7) is 12.4. The van der Waals surface area contributed by atoms with Gasteiger partial charge in [-0.1, -0.05) is 13.8 Å². The van der Waals surface area contributed by atoms with E-state index in [9.17, 15) is 13.2 Å². The number of benzene rings is 1. The number of aryl methyl sites for hydroxylation is 3. The standard InChI is InChI=1S/C23H34N6O3S/c1-8-28(9-2)33(31,32)17-10-11-19-18(15-17)24-20(27(19)7)12-13-22(30)25-21-14-16(3)26-29(21)23(4,5)6/h10-11,14-15H,8-9,12-13H2,1-7H3,(H,25,30). The Balaban J connectivity index is 1.78. The van der Waals surface area contributed by atoms with E-state index < -0.39 is 10.0 Å². The Morgan fingerprint density at radius 3 is 2.42 bits per heavy atom. The zero-order valence-corrected chi connectivity index (χ0v) is 21.3. The fourth-order valence-electron chi connectivity index (χ4n) is 3.86. The number of aromatic nitrogens is 4. The third-order valence-electron chi connectivity index (χ3n) is 5.60. The Labute approximate surface area is 195 Å². The van der Waals surface area contributed by atoms with Crippen molar-refractivity contribution in [2.75, 3.05) is 18.4 Å². The van der Waals surface area contributed by atoms with Crippen molar-refractivity contribution < 1.29 is 13.2 Å². The highest BCUT2D eigenvalue weighted by atomic mass is 32.2. The zero-order chi connectivity index (χ0) is 24.6. The smallest absolute Gasteiger partial charge is 0.243 e. The maximum atomic E-state index is 12.8. The summed E-state index contributed by atoms with van der Waals surface area (Å²) in [5.74, 6) is 1.26. The molecule has 2 heterocycles. The number of amides is 1. The number of carbonyl (C=O) groups excluding carboxylic acids is 1. The molecule has 0 aliphatic carbocycles. The molecular weight excluding hydrogens is 440 g/mol. The average molecular weight is 475 g/mol. The molecule has 0 aliphatic heterocycles. The number of carbonyl (C=O) groups is 1. The molecule has 0 radical (unpaired) electrons. The maximum absolute atomic E-state index is 12.8. The van der Waals surface area contributed by atoms with Crippen LogP contribution in [0.4, 0.5) is 5.82 Å². The molecule has 3 rings (SSSR count). The van der Waals surface area contributed by atoms with Gasteiger partial charge in [-0.05, 0) is 45.9 Å². The van der Waals surface area contributed by atoms with Crippen LogP contribution in [0.3, 0.4) is 0 Å². The minimum atomic E-state index is -3.56. The molecule has 2 aromatic heterocycles. The Bertz CT molecular complexity index is 1260. The van der Waals surface area contributed by atoms with Crippen molar-refractivity contribution >= 4 is 32.8 Å². The highest BCUT2D eigenvalue weighted by Crippen LogP contribution is 2.24. The Kier molecular flexibility index (Phi) is 6.99. The lowest BCUT2D eigenvalue weighted by Gasteiger charge is -2.22. The van der Waals surface area contributed by atoms with Crippen molar-refractivity contribution in [3.63, 3.8) is 0 Å². The number of fused-ring (bicyclic) bond motifs is 1. The van der Waals surface area contributed by atoms with E-state index in [1.54, 1.807) is 18.2 Å². The number of sulfonamides is 1. The molecule has 0 aliphatic rings. The second kappa shape index (κ2) is 9.26. The van der Waals surface area contributed by atoms with E-state index in [-0.39, 0.29) is 22.8 Å². The van der Waals surface area contributed by atoms with E-state index in [4.69, 9.17) is 0 Å². The predicted octanol–water partition coefficient (Wildman–Crippen LogP) is 3.44. The van der Waals surface area contributed by atoms with Crippen LogP contribution < -0.4 is 5.32 Å². The normalized spacial score (nSPS) is 12.6. The molecule has 1 aromatic carbocycles. The summed E-state index contributed by atoms with van der Waals surface area (Å²) in [5.41, 5.74) is 2.01. The third kappa shape index (κ3) is 5.11.